The van der Waals surface area contributed by atoms with Crippen LogP contribution in [0.4, 0.5) is 5.69 Å². The number of rotatable bonds is 5. The molecule has 35 heavy (non-hydrogen) atoms. The number of ketones is 1. The van der Waals surface area contributed by atoms with Crippen LogP contribution in [0.1, 0.15) is 32.6 Å². The first-order valence-corrected chi connectivity index (χ1v) is 11.9. The maximum absolute atomic E-state index is 13.2. The first-order valence-electron chi connectivity index (χ1n) is 11.9. The van der Waals surface area contributed by atoms with E-state index >= 15 is 0 Å². The van der Waals surface area contributed by atoms with Crippen molar-refractivity contribution in [3.05, 3.63) is 88.2 Å². The minimum absolute atomic E-state index is 0.133. The second kappa shape index (κ2) is 9.47. The summed E-state index contributed by atoms with van der Waals surface area (Å²) in [4.78, 5) is 17.9. The fourth-order valence-electron chi connectivity index (χ4n) is 4.80. The number of benzene rings is 3. The number of carbonyl (C=O) groups is 1. The molecule has 2 heterocycles. The quantitative estimate of drug-likeness (QED) is 0.532. The van der Waals surface area contributed by atoms with Gasteiger partial charge in [-0.2, -0.15) is 0 Å². The van der Waals surface area contributed by atoms with Crippen LogP contribution in [-0.2, 0) is 6.54 Å². The van der Waals surface area contributed by atoms with Gasteiger partial charge < -0.3 is 19.5 Å². The Kier molecular flexibility index (Phi) is 6.22. The van der Waals surface area contributed by atoms with Crippen LogP contribution in [0.2, 0.25) is 0 Å². The number of hydrogen-bond acceptors (Lipinski definition) is 6. The zero-order chi connectivity index (χ0) is 24.5. The van der Waals surface area contributed by atoms with Crippen molar-refractivity contribution in [2.45, 2.75) is 20.4 Å². The van der Waals surface area contributed by atoms with Crippen molar-refractivity contribution < 1.29 is 19.4 Å². The van der Waals surface area contributed by atoms with Gasteiger partial charge in [0.25, 0.3) is 0 Å². The van der Waals surface area contributed by atoms with E-state index in [0.717, 1.165) is 48.6 Å². The number of piperazine rings is 1. The van der Waals surface area contributed by atoms with Gasteiger partial charge in [-0.3, -0.25) is 9.69 Å². The Morgan fingerprint density at radius 3 is 2.40 bits per heavy atom. The monoisotopic (exact) mass is 470 g/mol. The lowest BCUT2D eigenvalue weighted by Crippen LogP contribution is -2.46. The molecule has 0 unspecified atom stereocenters. The molecule has 3 aromatic carbocycles. The van der Waals surface area contributed by atoms with E-state index in [1.807, 2.05) is 50.2 Å². The highest BCUT2D eigenvalue weighted by Crippen LogP contribution is 2.42. The van der Waals surface area contributed by atoms with E-state index in [0.29, 0.717) is 29.2 Å². The van der Waals surface area contributed by atoms with Crippen LogP contribution >= 0.6 is 0 Å². The van der Waals surface area contributed by atoms with Crippen molar-refractivity contribution in [2.75, 3.05) is 38.2 Å². The zero-order valence-corrected chi connectivity index (χ0v) is 20.4. The number of fused-ring (bicyclic) bond motifs is 1. The molecule has 0 aromatic heterocycles. The Bertz CT molecular complexity index is 1290. The molecule has 0 radical (unpaired) electrons. The van der Waals surface area contributed by atoms with Crippen molar-refractivity contribution in [1.82, 2.24) is 4.90 Å². The van der Waals surface area contributed by atoms with E-state index in [1.54, 1.807) is 19.3 Å². The standard InChI is InChI=1S/C29H30N2O4/c1-19-6-4-5-7-21(19)17-26-28(33)27-20(2)16-25(32)24(29(27)35-26)18-30-12-14-31(15-13-30)22-8-10-23(34-3)11-9-22/h4-11,16-17,32H,12-15,18H2,1-3H3/b26-17-. The highest BCUT2D eigenvalue weighted by Gasteiger charge is 2.34. The Balaban J connectivity index is 1.34. The Hall–Kier alpha value is -3.77. The molecule has 6 nitrogen and oxygen atoms in total. The van der Waals surface area contributed by atoms with Crippen molar-refractivity contribution in [3.63, 3.8) is 0 Å². The number of carbonyl (C=O) groups excluding carboxylic acids is 1. The molecule has 6 heteroatoms. The van der Waals surface area contributed by atoms with Crippen LogP contribution < -0.4 is 14.4 Å². The molecule has 2 aliphatic rings. The lowest BCUT2D eigenvalue weighted by atomic mass is 9.98. The molecule has 1 fully saturated rings. The number of methoxy groups -OCH3 is 1. The largest absolute Gasteiger partial charge is 0.507 e. The lowest BCUT2D eigenvalue weighted by molar-refractivity contribution is 0.101. The maximum Gasteiger partial charge on any atom is 0.232 e. The number of phenols is 1. The van der Waals surface area contributed by atoms with Crippen molar-refractivity contribution in [2.24, 2.45) is 0 Å². The van der Waals surface area contributed by atoms with Gasteiger partial charge in [0, 0.05) is 38.4 Å². The summed E-state index contributed by atoms with van der Waals surface area (Å²) in [6, 6.07) is 17.7. The normalized spacial score (nSPS) is 16.9. The van der Waals surface area contributed by atoms with Crippen molar-refractivity contribution in [3.8, 4) is 17.2 Å². The Morgan fingerprint density at radius 2 is 1.71 bits per heavy atom. The molecular formula is C29H30N2O4. The minimum atomic E-state index is -0.133. The number of anilines is 1. The second-order valence-electron chi connectivity index (χ2n) is 9.15. The summed E-state index contributed by atoms with van der Waals surface area (Å²) in [5.74, 6) is 1.68. The highest BCUT2D eigenvalue weighted by atomic mass is 16.5. The number of allylic oxidation sites excluding steroid dienone is 1. The fraction of sp³-hybridized carbons (Fsp3) is 0.276. The summed E-state index contributed by atoms with van der Waals surface area (Å²) >= 11 is 0. The van der Waals surface area contributed by atoms with Crippen LogP contribution in [0.3, 0.4) is 0 Å². The molecule has 0 amide bonds. The third kappa shape index (κ3) is 4.49. The van der Waals surface area contributed by atoms with Gasteiger partial charge in [0.05, 0.1) is 18.2 Å². The summed E-state index contributed by atoms with van der Waals surface area (Å²) in [5, 5.41) is 10.8. The SMILES string of the molecule is COc1ccc(N2CCN(Cc3c(O)cc(C)c4c3O/C(=C\c3ccccc3C)C4=O)CC2)cc1. The van der Waals surface area contributed by atoms with Gasteiger partial charge >= 0.3 is 0 Å². The number of aryl methyl sites for hydroxylation is 2. The molecule has 1 saturated heterocycles. The first kappa shape index (κ1) is 23.0. The summed E-state index contributed by atoms with van der Waals surface area (Å²) in [7, 11) is 1.67. The fourth-order valence-corrected chi connectivity index (χ4v) is 4.80. The van der Waals surface area contributed by atoms with Gasteiger partial charge in [-0.25, -0.2) is 0 Å². The Morgan fingerprint density at radius 1 is 1.00 bits per heavy atom. The lowest BCUT2D eigenvalue weighted by Gasteiger charge is -2.36. The number of phenolic OH excluding ortho intramolecular Hbond substituents is 1. The zero-order valence-electron chi connectivity index (χ0n) is 20.4. The molecule has 3 aromatic rings. The number of ether oxygens (including phenoxy) is 2. The minimum Gasteiger partial charge on any atom is -0.507 e. The van der Waals surface area contributed by atoms with Gasteiger partial charge in [-0.1, -0.05) is 24.3 Å². The predicted octanol–water partition coefficient (Wildman–Crippen LogP) is 4.96. The molecule has 0 spiro atoms. The van der Waals surface area contributed by atoms with E-state index in [1.165, 1.54) is 5.69 Å². The summed E-state index contributed by atoms with van der Waals surface area (Å²) in [6.07, 6.45) is 1.80. The smallest absolute Gasteiger partial charge is 0.232 e. The van der Waals surface area contributed by atoms with E-state index < -0.39 is 0 Å². The van der Waals surface area contributed by atoms with Gasteiger partial charge in [0.2, 0.25) is 5.78 Å². The van der Waals surface area contributed by atoms with E-state index in [-0.39, 0.29) is 11.5 Å². The molecule has 0 bridgehead atoms. The first-order chi connectivity index (χ1) is 16.9. The number of Topliss-reactive ketones (excluding diaryl/α,β-unsaturated/α-hetero) is 1. The molecule has 180 valence electrons. The average Bonchev–Trinajstić information content (AvgIpc) is 3.20. The molecule has 0 aliphatic carbocycles. The third-order valence-electron chi connectivity index (χ3n) is 6.89. The summed E-state index contributed by atoms with van der Waals surface area (Å²) in [5.41, 5.74) is 5.14. The summed E-state index contributed by atoms with van der Waals surface area (Å²) in [6.45, 7) is 7.80. The van der Waals surface area contributed by atoms with Crippen molar-refractivity contribution in [1.29, 1.82) is 0 Å². The second-order valence-corrected chi connectivity index (χ2v) is 9.15. The molecule has 5 rings (SSSR count). The van der Waals surface area contributed by atoms with Crippen LogP contribution in [-0.4, -0.2) is 49.1 Å². The average molecular weight is 471 g/mol. The van der Waals surface area contributed by atoms with Crippen LogP contribution in [0.5, 0.6) is 17.2 Å². The van der Waals surface area contributed by atoms with Gasteiger partial charge in [0.15, 0.2) is 5.76 Å². The van der Waals surface area contributed by atoms with E-state index in [9.17, 15) is 9.90 Å². The van der Waals surface area contributed by atoms with Crippen molar-refractivity contribution >= 4 is 17.5 Å². The topological polar surface area (TPSA) is 62.2 Å². The molecule has 0 saturated carbocycles. The molecular weight excluding hydrogens is 440 g/mol. The van der Waals surface area contributed by atoms with Crippen LogP contribution in [0.15, 0.2) is 60.4 Å². The molecule has 0 atom stereocenters. The van der Waals surface area contributed by atoms with E-state index in [2.05, 4.69) is 21.9 Å². The highest BCUT2D eigenvalue weighted by molar-refractivity contribution is 6.16. The number of hydrogen-bond donors (Lipinski definition) is 1. The van der Waals surface area contributed by atoms with Crippen LogP contribution in [0.25, 0.3) is 6.08 Å². The number of aromatic hydroxyl groups is 1. The third-order valence-corrected chi connectivity index (χ3v) is 6.89. The van der Waals surface area contributed by atoms with Gasteiger partial charge in [-0.05, 0) is 66.9 Å². The summed E-state index contributed by atoms with van der Waals surface area (Å²) < 4.78 is 11.4. The molecule has 1 N–H and O–H groups in total. The maximum atomic E-state index is 13.2. The molecule has 2 aliphatic heterocycles. The van der Waals surface area contributed by atoms with Gasteiger partial charge in [0.1, 0.15) is 17.2 Å². The van der Waals surface area contributed by atoms with Gasteiger partial charge in [-0.15, -0.1) is 0 Å². The predicted molar refractivity (Wildman–Crippen MR) is 137 cm³/mol. The van der Waals surface area contributed by atoms with Crippen LogP contribution in [0, 0.1) is 13.8 Å². The number of nitrogens with zero attached hydrogens (tertiary/aromatic N) is 2. The van der Waals surface area contributed by atoms with E-state index in [4.69, 9.17) is 9.47 Å². The Labute approximate surface area is 206 Å².